The van der Waals surface area contributed by atoms with E-state index in [1.54, 1.807) is 0 Å². The molecule has 0 radical (unpaired) electrons. The van der Waals surface area contributed by atoms with Crippen LogP contribution in [0, 0.1) is 0 Å². The molecule has 0 saturated carbocycles. The van der Waals surface area contributed by atoms with Crippen molar-refractivity contribution in [1.29, 1.82) is 0 Å². The molecule has 0 aliphatic heterocycles. The monoisotopic (exact) mass is 1080 g/mol. The molecule has 0 saturated heterocycles. The van der Waals surface area contributed by atoms with Crippen LogP contribution in [-0.2, 0) is 32.7 Å². The van der Waals surface area contributed by atoms with Gasteiger partial charge in [0.15, 0.2) is 6.10 Å². The van der Waals surface area contributed by atoms with Gasteiger partial charge in [0.25, 0.3) is 7.82 Å². The molecule has 0 fully saturated rings. The van der Waals surface area contributed by atoms with E-state index in [1.807, 2.05) is 21.1 Å². The molecule has 0 aromatic carbocycles. The molecule has 2 atom stereocenters. The number of likely N-dealkylation sites (N-methyl/N-ethyl adjacent to an activating group) is 1. The Morgan fingerprint density at radius 1 is 0.400 bits per heavy atom. The van der Waals surface area contributed by atoms with E-state index in [2.05, 4.69) is 26.0 Å². The average Bonchev–Trinajstić information content (AvgIpc) is 3.37. The van der Waals surface area contributed by atoms with Gasteiger partial charge in [-0.1, -0.05) is 302 Å². The Balaban J connectivity index is 3.82. The molecule has 0 bridgehead atoms. The third kappa shape index (κ3) is 61.8. The summed E-state index contributed by atoms with van der Waals surface area (Å²) >= 11 is 0. The highest BCUT2D eigenvalue weighted by Gasteiger charge is 2.22. The summed E-state index contributed by atoms with van der Waals surface area (Å²) in [6.07, 6.45) is 68.9. The molecule has 10 heteroatoms. The fourth-order valence-electron chi connectivity index (χ4n) is 9.95. The molecule has 0 aromatic heterocycles. The van der Waals surface area contributed by atoms with Crippen LogP contribution in [0.2, 0.25) is 0 Å². The number of nitrogens with zero attached hydrogens (tertiary/aromatic N) is 1. The summed E-state index contributed by atoms with van der Waals surface area (Å²) in [4.78, 5) is 37.8. The largest absolute Gasteiger partial charge is 0.756 e. The highest BCUT2D eigenvalue weighted by atomic mass is 31.2. The van der Waals surface area contributed by atoms with E-state index >= 15 is 0 Å². The maximum atomic E-state index is 12.8. The number of rotatable bonds is 62. The number of hydrogen-bond acceptors (Lipinski definition) is 8. The Bertz CT molecular complexity index is 1270. The number of carbonyl (C=O) groups excluding carboxylic acids is 2. The zero-order valence-electron chi connectivity index (χ0n) is 50.8. The second-order valence-electron chi connectivity index (χ2n) is 23.8. The third-order valence-corrected chi connectivity index (χ3v) is 16.0. The van der Waals surface area contributed by atoms with E-state index in [0.29, 0.717) is 17.4 Å². The molecule has 0 amide bonds. The molecule has 0 heterocycles. The number of carbonyl (C=O) groups is 2. The summed E-state index contributed by atoms with van der Waals surface area (Å²) in [5, 5.41) is 0. The number of phosphoric ester groups is 1. The summed E-state index contributed by atoms with van der Waals surface area (Å²) in [5.41, 5.74) is 0. The van der Waals surface area contributed by atoms with Crippen molar-refractivity contribution in [3.05, 3.63) is 12.2 Å². The lowest BCUT2D eigenvalue weighted by Crippen LogP contribution is -2.37. The Kier molecular flexibility index (Phi) is 56.5. The van der Waals surface area contributed by atoms with Crippen molar-refractivity contribution in [1.82, 2.24) is 0 Å². The molecule has 0 N–H and O–H groups in total. The smallest absolute Gasteiger partial charge is 0.306 e. The van der Waals surface area contributed by atoms with Crippen molar-refractivity contribution in [2.75, 3.05) is 47.5 Å². The van der Waals surface area contributed by atoms with Crippen molar-refractivity contribution in [3.63, 3.8) is 0 Å². The normalized spacial score (nSPS) is 13.2. The minimum absolute atomic E-state index is 0.0259. The van der Waals surface area contributed by atoms with Gasteiger partial charge in [-0.25, -0.2) is 0 Å². The summed E-state index contributed by atoms with van der Waals surface area (Å²) in [7, 11) is 1.19. The molecule has 0 aliphatic rings. The summed E-state index contributed by atoms with van der Waals surface area (Å²) in [6.45, 7) is 4.29. The number of esters is 2. The van der Waals surface area contributed by atoms with Crippen molar-refractivity contribution in [2.45, 2.75) is 347 Å². The maximum absolute atomic E-state index is 12.8. The van der Waals surface area contributed by atoms with Crippen LogP contribution in [0.1, 0.15) is 341 Å². The van der Waals surface area contributed by atoms with Crippen LogP contribution in [-0.4, -0.2) is 70.0 Å². The van der Waals surface area contributed by atoms with Crippen LogP contribution >= 0.6 is 7.82 Å². The molecular formula is C65H128NO8P. The van der Waals surface area contributed by atoms with Gasteiger partial charge in [-0.3, -0.25) is 14.2 Å². The van der Waals surface area contributed by atoms with Crippen LogP contribution < -0.4 is 4.89 Å². The fourth-order valence-corrected chi connectivity index (χ4v) is 10.7. The second kappa shape index (κ2) is 57.4. The summed E-state index contributed by atoms with van der Waals surface area (Å²) in [5.74, 6) is -0.813. The molecule has 75 heavy (non-hydrogen) atoms. The lowest BCUT2D eigenvalue weighted by atomic mass is 10.0. The Labute approximate surface area is 466 Å². The van der Waals surface area contributed by atoms with Crippen LogP contribution in [0.25, 0.3) is 0 Å². The fraction of sp³-hybridized carbons (Fsp3) is 0.938. The van der Waals surface area contributed by atoms with Crippen molar-refractivity contribution in [3.8, 4) is 0 Å². The molecule has 2 unspecified atom stereocenters. The molecule has 9 nitrogen and oxygen atoms in total. The van der Waals surface area contributed by atoms with E-state index in [-0.39, 0.29) is 32.0 Å². The van der Waals surface area contributed by atoms with E-state index < -0.39 is 26.5 Å². The molecule has 0 rings (SSSR count). The minimum atomic E-state index is -4.63. The van der Waals surface area contributed by atoms with Gasteiger partial charge >= 0.3 is 11.9 Å². The number of phosphoric acid groups is 1. The van der Waals surface area contributed by atoms with Crippen molar-refractivity contribution in [2.24, 2.45) is 0 Å². The lowest BCUT2D eigenvalue weighted by Gasteiger charge is -2.28. The first-order chi connectivity index (χ1) is 36.5. The van der Waals surface area contributed by atoms with E-state index in [4.69, 9.17) is 18.5 Å². The van der Waals surface area contributed by atoms with Gasteiger partial charge in [0.2, 0.25) is 0 Å². The Morgan fingerprint density at radius 3 is 0.987 bits per heavy atom. The van der Waals surface area contributed by atoms with E-state index in [1.165, 1.54) is 276 Å². The van der Waals surface area contributed by atoms with Gasteiger partial charge in [-0.05, 0) is 38.5 Å². The third-order valence-electron chi connectivity index (χ3n) is 15.0. The van der Waals surface area contributed by atoms with Crippen molar-refractivity contribution < 1.29 is 42.1 Å². The van der Waals surface area contributed by atoms with E-state index in [9.17, 15) is 19.0 Å². The number of unbranched alkanes of at least 4 members (excludes halogenated alkanes) is 46. The van der Waals surface area contributed by atoms with Crippen molar-refractivity contribution >= 4 is 19.8 Å². The van der Waals surface area contributed by atoms with Crippen LogP contribution in [0.15, 0.2) is 12.2 Å². The predicted molar refractivity (Wildman–Crippen MR) is 319 cm³/mol. The molecule has 446 valence electrons. The topological polar surface area (TPSA) is 111 Å². The van der Waals surface area contributed by atoms with Gasteiger partial charge < -0.3 is 27.9 Å². The van der Waals surface area contributed by atoms with Crippen LogP contribution in [0.3, 0.4) is 0 Å². The van der Waals surface area contributed by atoms with Gasteiger partial charge in [-0.2, -0.15) is 0 Å². The minimum Gasteiger partial charge on any atom is -0.756 e. The SMILES string of the molecule is CCCCCCCCCC/C=C\CCCCCCCCCCCCCCCCCCCCCCCCCCCCCC(=O)OC(COC(=O)CCCCCCCCCCCCCC)COP(=O)([O-])OCC[N+](C)(C)C. The first-order valence-electron chi connectivity index (χ1n) is 32.9. The van der Waals surface area contributed by atoms with Gasteiger partial charge in [-0.15, -0.1) is 0 Å². The highest BCUT2D eigenvalue weighted by molar-refractivity contribution is 7.45. The van der Waals surface area contributed by atoms with E-state index in [0.717, 1.165) is 32.1 Å². The molecule has 0 aliphatic carbocycles. The number of quaternary nitrogens is 1. The Morgan fingerprint density at radius 2 is 0.680 bits per heavy atom. The number of hydrogen-bond donors (Lipinski definition) is 0. The van der Waals surface area contributed by atoms with Gasteiger partial charge in [0, 0.05) is 12.8 Å². The van der Waals surface area contributed by atoms with Gasteiger partial charge in [0.1, 0.15) is 19.8 Å². The first-order valence-corrected chi connectivity index (χ1v) is 34.4. The quantitative estimate of drug-likeness (QED) is 0.0195. The molecular weight excluding hydrogens is 954 g/mol. The van der Waals surface area contributed by atoms with Gasteiger partial charge in [0.05, 0.1) is 27.7 Å². The number of ether oxygens (including phenoxy) is 2. The zero-order chi connectivity index (χ0) is 54.9. The first kappa shape index (κ1) is 73.8. The molecule has 0 aromatic rings. The lowest BCUT2D eigenvalue weighted by molar-refractivity contribution is -0.870. The Hall–Kier alpha value is -1.25. The summed E-state index contributed by atoms with van der Waals surface area (Å²) < 4.78 is 34.1. The molecule has 0 spiro atoms. The van der Waals surface area contributed by atoms with Crippen LogP contribution in [0.5, 0.6) is 0 Å². The average molecular weight is 1080 g/mol. The zero-order valence-corrected chi connectivity index (χ0v) is 51.7. The number of allylic oxidation sites excluding steroid dienone is 2. The standard InChI is InChI=1S/C65H128NO8P/c1-6-8-10-12-14-16-18-20-21-22-23-24-25-26-27-28-29-30-31-32-33-34-35-36-37-38-39-40-41-42-43-44-45-46-48-50-52-54-56-58-65(68)74-63(62-73-75(69,70)72-60-59-66(3,4)5)61-71-64(67)57-55-53-51-49-47-19-17-15-13-11-9-7-2/h22-23,63H,6-21,24-62H2,1-5H3/b23-22-. The predicted octanol–water partition coefficient (Wildman–Crippen LogP) is 20.1. The maximum Gasteiger partial charge on any atom is 0.306 e. The summed E-state index contributed by atoms with van der Waals surface area (Å²) in [6, 6.07) is 0. The highest BCUT2D eigenvalue weighted by Crippen LogP contribution is 2.38. The van der Waals surface area contributed by atoms with Crippen LogP contribution in [0.4, 0.5) is 0 Å². The second-order valence-corrected chi connectivity index (χ2v) is 25.3.